The number of amides is 2. The van der Waals surface area contributed by atoms with Gasteiger partial charge in [0.05, 0.1) is 0 Å². The van der Waals surface area contributed by atoms with E-state index in [2.05, 4.69) is 20.7 Å². The first-order valence-corrected chi connectivity index (χ1v) is 7.60. The van der Waals surface area contributed by atoms with Crippen molar-refractivity contribution in [2.75, 3.05) is 0 Å². The van der Waals surface area contributed by atoms with Crippen molar-refractivity contribution in [1.82, 2.24) is 25.5 Å². The minimum atomic E-state index is -0.502. The topological polar surface area (TPSA) is 116 Å². The summed E-state index contributed by atoms with van der Waals surface area (Å²) in [5.74, 6) is -0.345. The van der Waals surface area contributed by atoms with Gasteiger partial charge in [-0.3, -0.25) is 9.59 Å². The van der Waals surface area contributed by atoms with Crippen LogP contribution in [0.2, 0.25) is 0 Å². The Kier molecular flexibility index (Phi) is 4.79. The molecule has 0 fully saturated rings. The molecule has 1 heterocycles. The largest absolute Gasteiger partial charge is 0.366 e. The van der Waals surface area contributed by atoms with Gasteiger partial charge in [-0.1, -0.05) is 42.5 Å². The quantitative estimate of drug-likeness (QED) is 0.689. The van der Waals surface area contributed by atoms with Gasteiger partial charge in [-0.2, -0.15) is 4.80 Å². The zero-order valence-corrected chi connectivity index (χ0v) is 13.3. The zero-order chi connectivity index (χ0) is 17.6. The number of carbonyl (C=O) groups is 2. The fourth-order valence-corrected chi connectivity index (χ4v) is 2.19. The second kappa shape index (κ2) is 7.35. The van der Waals surface area contributed by atoms with Crippen LogP contribution in [0.15, 0.2) is 54.6 Å². The van der Waals surface area contributed by atoms with Gasteiger partial charge >= 0.3 is 0 Å². The number of carbonyl (C=O) groups excluding carboxylic acids is 2. The summed E-state index contributed by atoms with van der Waals surface area (Å²) in [4.78, 5) is 24.2. The predicted molar refractivity (Wildman–Crippen MR) is 90.1 cm³/mol. The van der Waals surface area contributed by atoms with Gasteiger partial charge in [0.2, 0.25) is 17.6 Å². The molecule has 0 spiro atoms. The first-order valence-electron chi connectivity index (χ1n) is 7.60. The molecule has 0 unspecified atom stereocenters. The lowest BCUT2D eigenvalue weighted by Crippen LogP contribution is -2.28. The van der Waals surface area contributed by atoms with Crippen LogP contribution in [0.5, 0.6) is 0 Å². The summed E-state index contributed by atoms with van der Waals surface area (Å²) < 4.78 is 0. The molecule has 0 aliphatic heterocycles. The first-order chi connectivity index (χ1) is 12.1. The molecule has 2 aromatic carbocycles. The molecule has 25 heavy (non-hydrogen) atoms. The molecule has 0 saturated carbocycles. The minimum Gasteiger partial charge on any atom is -0.366 e. The molecule has 0 aliphatic rings. The smallest absolute Gasteiger partial charge is 0.248 e. The monoisotopic (exact) mass is 336 g/mol. The van der Waals surface area contributed by atoms with Crippen molar-refractivity contribution < 1.29 is 9.59 Å². The second-order valence-corrected chi connectivity index (χ2v) is 5.35. The molecule has 2 amide bonds. The van der Waals surface area contributed by atoms with E-state index in [1.165, 1.54) is 4.80 Å². The SMILES string of the molecule is NC(=O)c1ccc(-c2nnn(CC(=O)NCc3ccccc3)n2)cc1. The number of hydrogen-bond acceptors (Lipinski definition) is 5. The maximum atomic E-state index is 12.0. The van der Waals surface area contributed by atoms with Crippen molar-refractivity contribution >= 4 is 11.8 Å². The molecule has 0 bridgehead atoms. The standard InChI is InChI=1S/C17H16N6O2/c18-16(25)13-6-8-14(9-7-13)17-20-22-23(21-17)11-15(24)19-10-12-4-2-1-3-5-12/h1-9H,10-11H2,(H2,18,25)(H,19,24). The lowest BCUT2D eigenvalue weighted by Gasteiger charge is -2.04. The lowest BCUT2D eigenvalue weighted by atomic mass is 10.1. The van der Waals surface area contributed by atoms with E-state index in [0.29, 0.717) is 23.5 Å². The van der Waals surface area contributed by atoms with Crippen LogP contribution >= 0.6 is 0 Å². The van der Waals surface area contributed by atoms with E-state index >= 15 is 0 Å². The third-order valence-electron chi connectivity index (χ3n) is 3.50. The predicted octanol–water partition coefficient (Wildman–Crippen LogP) is 0.755. The van der Waals surface area contributed by atoms with Gasteiger partial charge in [0.1, 0.15) is 6.54 Å². The Labute approximate surface area is 143 Å². The molecule has 0 saturated heterocycles. The highest BCUT2D eigenvalue weighted by molar-refractivity contribution is 5.93. The van der Waals surface area contributed by atoms with Crippen LogP contribution in [-0.4, -0.2) is 32.0 Å². The van der Waals surface area contributed by atoms with E-state index in [0.717, 1.165) is 5.56 Å². The molecule has 0 radical (unpaired) electrons. The minimum absolute atomic E-state index is 0.0286. The number of primary amides is 1. The summed E-state index contributed by atoms with van der Waals surface area (Å²) in [6.45, 7) is 0.412. The van der Waals surface area contributed by atoms with Crippen molar-refractivity contribution in [2.24, 2.45) is 5.73 Å². The average molecular weight is 336 g/mol. The molecular weight excluding hydrogens is 320 g/mol. The summed E-state index contributed by atoms with van der Waals surface area (Å²) in [6.07, 6.45) is 0. The summed E-state index contributed by atoms with van der Waals surface area (Å²) >= 11 is 0. The van der Waals surface area contributed by atoms with Gasteiger partial charge in [0, 0.05) is 17.7 Å². The Hall–Kier alpha value is -3.55. The molecule has 3 rings (SSSR count). The number of tetrazole rings is 1. The van der Waals surface area contributed by atoms with Gasteiger partial charge in [-0.15, -0.1) is 10.2 Å². The highest BCUT2D eigenvalue weighted by Gasteiger charge is 2.10. The number of aromatic nitrogens is 4. The Morgan fingerprint density at radius 2 is 1.76 bits per heavy atom. The molecular formula is C17H16N6O2. The van der Waals surface area contributed by atoms with Crippen LogP contribution in [-0.2, 0) is 17.9 Å². The van der Waals surface area contributed by atoms with Crippen LogP contribution in [0.4, 0.5) is 0 Å². The summed E-state index contributed by atoms with van der Waals surface area (Å²) in [5.41, 5.74) is 7.29. The Morgan fingerprint density at radius 1 is 1.04 bits per heavy atom. The van der Waals surface area contributed by atoms with Crippen LogP contribution in [0.3, 0.4) is 0 Å². The molecule has 8 heteroatoms. The van der Waals surface area contributed by atoms with Crippen molar-refractivity contribution in [2.45, 2.75) is 13.1 Å². The summed E-state index contributed by atoms with van der Waals surface area (Å²) in [7, 11) is 0. The summed E-state index contributed by atoms with van der Waals surface area (Å²) in [5, 5.41) is 14.8. The third kappa shape index (κ3) is 4.25. The first kappa shape index (κ1) is 16.3. The van der Waals surface area contributed by atoms with Crippen molar-refractivity contribution in [3.8, 4) is 11.4 Å². The molecule has 0 atom stereocenters. The van der Waals surface area contributed by atoms with Gasteiger partial charge in [0.25, 0.3) is 0 Å². The molecule has 3 N–H and O–H groups in total. The molecule has 3 aromatic rings. The van der Waals surface area contributed by atoms with Crippen molar-refractivity contribution in [3.63, 3.8) is 0 Å². The molecule has 0 aliphatic carbocycles. The fraction of sp³-hybridized carbons (Fsp3) is 0.118. The maximum Gasteiger partial charge on any atom is 0.248 e. The zero-order valence-electron chi connectivity index (χ0n) is 13.3. The highest BCUT2D eigenvalue weighted by atomic mass is 16.2. The number of hydrogen-bond donors (Lipinski definition) is 2. The number of nitrogens with one attached hydrogen (secondary N) is 1. The molecule has 126 valence electrons. The van der Waals surface area contributed by atoms with E-state index in [4.69, 9.17) is 5.73 Å². The fourth-order valence-electron chi connectivity index (χ4n) is 2.19. The van der Waals surface area contributed by atoms with Gasteiger partial charge in [-0.25, -0.2) is 0 Å². The Bertz CT molecular complexity index is 874. The van der Waals surface area contributed by atoms with E-state index in [1.807, 2.05) is 30.3 Å². The van der Waals surface area contributed by atoms with Crippen molar-refractivity contribution in [3.05, 3.63) is 65.7 Å². The van der Waals surface area contributed by atoms with Crippen molar-refractivity contribution in [1.29, 1.82) is 0 Å². The normalized spacial score (nSPS) is 10.4. The van der Waals surface area contributed by atoms with E-state index in [9.17, 15) is 9.59 Å². The maximum absolute atomic E-state index is 12.0. The highest BCUT2D eigenvalue weighted by Crippen LogP contribution is 2.14. The van der Waals surface area contributed by atoms with Gasteiger partial charge < -0.3 is 11.1 Å². The Balaban J connectivity index is 1.59. The number of rotatable bonds is 6. The second-order valence-electron chi connectivity index (χ2n) is 5.35. The van der Waals surface area contributed by atoms with E-state index in [-0.39, 0.29) is 12.5 Å². The number of benzene rings is 2. The average Bonchev–Trinajstić information content (AvgIpc) is 3.09. The van der Waals surface area contributed by atoms with Crippen LogP contribution < -0.4 is 11.1 Å². The Morgan fingerprint density at radius 3 is 2.44 bits per heavy atom. The summed E-state index contributed by atoms with van der Waals surface area (Å²) in [6, 6.07) is 16.1. The molecule has 8 nitrogen and oxygen atoms in total. The van der Waals surface area contributed by atoms with E-state index in [1.54, 1.807) is 24.3 Å². The van der Waals surface area contributed by atoms with E-state index < -0.39 is 5.91 Å². The molecule has 1 aromatic heterocycles. The van der Waals surface area contributed by atoms with Crippen LogP contribution in [0.1, 0.15) is 15.9 Å². The third-order valence-corrected chi connectivity index (χ3v) is 3.50. The van der Waals surface area contributed by atoms with Crippen LogP contribution in [0, 0.1) is 0 Å². The number of nitrogens with zero attached hydrogens (tertiary/aromatic N) is 4. The lowest BCUT2D eigenvalue weighted by molar-refractivity contribution is -0.122. The number of nitrogens with two attached hydrogens (primary N) is 1. The van der Waals surface area contributed by atoms with Crippen LogP contribution in [0.25, 0.3) is 11.4 Å². The van der Waals surface area contributed by atoms with Gasteiger partial charge in [0.15, 0.2) is 0 Å². The van der Waals surface area contributed by atoms with Gasteiger partial charge in [-0.05, 0) is 22.9 Å².